The number of sulfone groups is 1. The number of aromatic nitrogens is 1. The van der Waals surface area contributed by atoms with Crippen LogP contribution in [-0.2, 0) is 9.84 Å². The number of ether oxygens (including phenoxy) is 1. The molecular formula is C20H14ClNO3S2. The summed E-state index contributed by atoms with van der Waals surface area (Å²) in [6.07, 6.45) is 1.66. The van der Waals surface area contributed by atoms with Gasteiger partial charge in [-0.15, -0.1) is 11.3 Å². The molecule has 0 saturated heterocycles. The van der Waals surface area contributed by atoms with Crippen molar-refractivity contribution in [3.63, 3.8) is 0 Å². The zero-order valence-electron chi connectivity index (χ0n) is 14.2. The zero-order valence-corrected chi connectivity index (χ0v) is 16.6. The molecule has 0 radical (unpaired) electrons. The lowest BCUT2D eigenvalue weighted by Crippen LogP contribution is -2.01. The summed E-state index contributed by atoms with van der Waals surface area (Å²) in [4.78, 5) is 5.20. The minimum atomic E-state index is -3.76. The second-order valence-electron chi connectivity index (χ2n) is 5.81. The van der Waals surface area contributed by atoms with Crippen LogP contribution in [0.25, 0.3) is 21.3 Å². The van der Waals surface area contributed by atoms with Crippen molar-refractivity contribution in [2.24, 2.45) is 0 Å². The van der Waals surface area contributed by atoms with E-state index in [0.29, 0.717) is 21.2 Å². The highest BCUT2D eigenvalue weighted by Crippen LogP contribution is 2.43. The number of hydrogen-bond donors (Lipinski definition) is 0. The van der Waals surface area contributed by atoms with E-state index in [4.69, 9.17) is 16.3 Å². The predicted molar refractivity (Wildman–Crippen MR) is 109 cm³/mol. The monoisotopic (exact) mass is 415 g/mol. The Morgan fingerprint density at radius 1 is 1.04 bits per heavy atom. The Balaban J connectivity index is 2.01. The van der Waals surface area contributed by atoms with Crippen molar-refractivity contribution in [3.8, 4) is 16.9 Å². The van der Waals surface area contributed by atoms with Crippen molar-refractivity contribution in [2.45, 2.75) is 9.10 Å². The minimum Gasteiger partial charge on any atom is -0.497 e. The molecule has 2 aromatic carbocycles. The molecule has 136 valence electrons. The van der Waals surface area contributed by atoms with Crippen LogP contribution in [0.15, 0.2) is 76.0 Å². The average Bonchev–Trinajstić information content (AvgIpc) is 3.09. The van der Waals surface area contributed by atoms with Gasteiger partial charge in [0.25, 0.3) is 0 Å². The summed E-state index contributed by atoms with van der Waals surface area (Å²) in [5.41, 5.74) is 1.42. The molecule has 4 aromatic rings. The van der Waals surface area contributed by atoms with Gasteiger partial charge < -0.3 is 4.74 Å². The van der Waals surface area contributed by atoms with Gasteiger partial charge in [-0.25, -0.2) is 13.4 Å². The fourth-order valence-electron chi connectivity index (χ4n) is 2.87. The smallest absolute Gasteiger partial charge is 0.216 e. The van der Waals surface area contributed by atoms with Crippen LogP contribution in [0.3, 0.4) is 0 Å². The van der Waals surface area contributed by atoms with Gasteiger partial charge in [0.1, 0.15) is 14.8 Å². The molecule has 7 heteroatoms. The molecular weight excluding hydrogens is 402 g/mol. The van der Waals surface area contributed by atoms with E-state index in [9.17, 15) is 8.42 Å². The minimum absolute atomic E-state index is 0.184. The first-order chi connectivity index (χ1) is 13.0. The normalized spacial score (nSPS) is 11.6. The second kappa shape index (κ2) is 6.96. The van der Waals surface area contributed by atoms with E-state index in [1.54, 1.807) is 42.6 Å². The molecule has 0 saturated carbocycles. The van der Waals surface area contributed by atoms with Crippen LogP contribution in [-0.4, -0.2) is 20.5 Å². The summed E-state index contributed by atoms with van der Waals surface area (Å²) in [5.74, 6) is 0.489. The highest BCUT2D eigenvalue weighted by atomic mass is 35.5. The molecule has 0 aliphatic rings. The summed E-state index contributed by atoms with van der Waals surface area (Å²) in [7, 11) is -2.25. The van der Waals surface area contributed by atoms with Crippen LogP contribution in [0.2, 0.25) is 5.02 Å². The van der Waals surface area contributed by atoms with Gasteiger partial charge in [-0.3, -0.25) is 0 Å². The lowest BCUT2D eigenvalue weighted by Gasteiger charge is -2.08. The molecule has 0 aliphatic heterocycles. The van der Waals surface area contributed by atoms with Gasteiger partial charge in [0, 0.05) is 22.2 Å². The third-order valence-electron chi connectivity index (χ3n) is 4.16. The van der Waals surface area contributed by atoms with Crippen LogP contribution in [0.5, 0.6) is 5.75 Å². The maximum atomic E-state index is 13.4. The molecule has 2 aromatic heterocycles. The Morgan fingerprint density at radius 2 is 1.81 bits per heavy atom. The van der Waals surface area contributed by atoms with E-state index in [-0.39, 0.29) is 9.10 Å². The van der Waals surface area contributed by atoms with E-state index in [2.05, 4.69) is 4.98 Å². The number of methoxy groups -OCH3 is 1. The molecule has 0 bridgehead atoms. The number of pyridine rings is 1. The van der Waals surface area contributed by atoms with Gasteiger partial charge in [0.05, 0.1) is 12.0 Å². The molecule has 27 heavy (non-hydrogen) atoms. The van der Waals surface area contributed by atoms with E-state index in [1.807, 2.05) is 18.2 Å². The van der Waals surface area contributed by atoms with Crippen molar-refractivity contribution in [2.75, 3.05) is 7.11 Å². The van der Waals surface area contributed by atoms with E-state index < -0.39 is 9.84 Å². The average molecular weight is 416 g/mol. The van der Waals surface area contributed by atoms with Crippen LogP contribution < -0.4 is 4.74 Å². The molecule has 0 aliphatic carbocycles. The Morgan fingerprint density at radius 3 is 2.56 bits per heavy atom. The first-order valence-electron chi connectivity index (χ1n) is 8.03. The van der Waals surface area contributed by atoms with Crippen LogP contribution in [0.4, 0.5) is 0 Å². The summed E-state index contributed by atoms with van der Waals surface area (Å²) in [5, 5.41) is 1.39. The SMILES string of the molecule is COc1cccc(S(=O)(=O)c2sc3ncccc3c2-c2ccc(Cl)cc2)c1. The van der Waals surface area contributed by atoms with E-state index >= 15 is 0 Å². The van der Waals surface area contributed by atoms with Gasteiger partial charge in [-0.05, 0) is 48.0 Å². The van der Waals surface area contributed by atoms with Gasteiger partial charge >= 0.3 is 0 Å². The second-order valence-corrected chi connectivity index (χ2v) is 9.39. The molecule has 0 fully saturated rings. The fourth-order valence-corrected chi connectivity index (χ4v) is 6.09. The topological polar surface area (TPSA) is 56.3 Å². The molecule has 4 rings (SSSR count). The quantitative estimate of drug-likeness (QED) is 0.444. The molecule has 0 amide bonds. The number of nitrogens with zero attached hydrogens (tertiary/aromatic N) is 1. The maximum absolute atomic E-state index is 13.4. The number of rotatable bonds is 4. The van der Waals surface area contributed by atoms with Gasteiger partial charge in [0.2, 0.25) is 9.84 Å². The van der Waals surface area contributed by atoms with Crippen LogP contribution in [0, 0.1) is 0 Å². The first kappa shape index (κ1) is 18.0. The van der Waals surface area contributed by atoms with Crippen molar-refractivity contribution in [3.05, 3.63) is 71.9 Å². The van der Waals surface area contributed by atoms with E-state index in [0.717, 1.165) is 10.9 Å². The number of fused-ring (bicyclic) bond motifs is 1. The number of benzene rings is 2. The van der Waals surface area contributed by atoms with Crippen molar-refractivity contribution < 1.29 is 13.2 Å². The van der Waals surface area contributed by atoms with E-state index in [1.165, 1.54) is 24.5 Å². The molecule has 2 heterocycles. The first-order valence-corrected chi connectivity index (χ1v) is 10.7. The molecule has 0 unspecified atom stereocenters. The third-order valence-corrected chi connectivity index (χ3v) is 7.80. The molecule has 4 nitrogen and oxygen atoms in total. The predicted octanol–water partition coefficient (Wildman–Crippen LogP) is 5.46. The number of thiophene rings is 1. The zero-order chi connectivity index (χ0) is 19.0. The Hall–Kier alpha value is -2.41. The van der Waals surface area contributed by atoms with Crippen molar-refractivity contribution in [1.82, 2.24) is 4.98 Å². The van der Waals surface area contributed by atoms with Gasteiger partial charge in [-0.2, -0.15) is 0 Å². The molecule has 0 spiro atoms. The molecule has 0 atom stereocenters. The van der Waals surface area contributed by atoms with Crippen LogP contribution >= 0.6 is 22.9 Å². The number of halogens is 1. The summed E-state index contributed by atoms with van der Waals surface area (Å²) in [6.45, 7) is 0. The third kappa shape index (κ3) is 3.20. The Kier molecular flexibility index (Phi) is 4.63. The molecule has 0 N–H and O–H groups in total. The summed E-state index contributed by atoms with van der Waals surface area (Å²) < 4.78 is 32.3. The van der Waals surface area contributed by atoms with Crippen molar-refractivity contribution >= 4 is 43.0 Å². The van der Waals surface area contributed by atoms with Gasteiger partial charge in [-0.1, -0.05) is 29.8 Å². The standard InChI is InChI=1S/C20H14ClNO3S2/c1-25-15-4-2-5-16(12-15)27(23,24)20-18(13-7-9-14(21)10-8-13)17-6-3-11-22-19(17)26-20/h2-12H,1H3. The summed E-state index contributed by atoms with van der Waals surface area (Å²) >= 11 is 7.17. The van der Waals surface area contributed by atoms with Gasteiger partial charge in [0.15, 0.2) is 0 Å². The van der Waals surface area contributed by atoms with Crippen LogP contribution in [0.1, 0.15) is 0 Å². The Labute approximate surface area is 165 Å². The summed E-state index contributed by atoms with van der Waals surface area (Å²) in [6, 6.07) is 17.3. The largest absolute Gasteiger partial charge is 0.497 e. The maximum Gasteiger partial charge on any atom is 0.216 e. The Bertz CT molecular complexity index is 1230. The lowest BCUT2D eigenvalue weighted by atomic mass is 10.1. The number of hydrogen-bond acceptors (Lipinski definition) is 5. The fraction of sp³-hybridized carbons (Fsp3) is 0.0500. The lowest BCUT2D eigenvalue weighted by molar-refractivity contribution is 0.413. The van der Waals surface area contributed by atoms with Crippen molar-refractivity contribution in [1.29, 1.82) is 0 Å². The highest BCUT2D eigenvalue weighted by molar-refractivity contribution is 7.93. The highest BCUT2D eigenvalue weighted by Gasteiger charge is 2.27.